The maximum Gasteiger partial charge on any atom is 0.229 e. The summed E-state index contributed by atoms with van der Waals surface area (Å²) in [6.45, 7) is 3.86. The summed E-state index contributed by atoms with van der Waals surface area (Å²) in [5.41, 5.74) is 4.41. The third-order valence-corrected chi connectivity index (χ3v) is 6.36. The van der Waals surface area contributed by atoms with Gasteiger partial charge in [-0.15, -0.1) is 9.81 Å². The molecule has 0 atom stereocenters. The van der Waals surface area contributed by atoms with E-state index in [0.717, 1.165) is 27.8 Å². The number of nitrogens with zero attached hydrogens (tertiary/aromatic N) is 5. The molecule has 4 N–H and O–H groups in total. The van der Waals surface area contributed by atoms with Crippen LogP contribution < -0.4 is 10.2 Å². The average Bonchev–Trinajstić information content (AvgIpc) is 3.01. The minimum Gasteiger partial charge on any atom is -0.596 e. The standard InChI is InChI=1S/C21H24N9S/c1-13-5-6-15(11-19(13)31(22,23)24)26-21-25-10-9-20(27-21)29(3)16-7-8-17-14(2)30(4)28-18(17)12-16/h5-12H,1-4H3,(H4-,22,23,24,25,26,27)/q-1. The predicted molar refractivity (Wildman–Crippen MR) is 125 cm³/mol. The highest BCUT2D eigenvalue weighted by Crippen LogP contribution is 2.28. The maximum atomic E-state index is 7.79. The molecule has 9 nitrogen and oxygen atoms in total. The molecule has 0 spiro atoms. The summed E-state index contributed by atoms with van der Waals surface area (Å²) in [5.74, 6) is 1.10. The van der Waals surface area contributed by atoms with Gasteiger partial charge in [-0.25, -0.2) is 4.98 Å². The van der Waals surface area contributed by atoms with Crippen molar-refractivity contribution >= 4 is 43.9 Å². The zero-order valence-electron chi connectivity index (χ0n) is 17.8. The Bertz CT molecular complexity index is 1390. The molecule has 0 amide bonds. The lowest BCUT2D eigenvalue weighted by Crippen LogP contribution is -2.12. The first-order valence-electron chi connectivity index (χ1n) is 9.58. The molecular weight excluding hydrogens is 410 g/mol. The molecule has 2 heterocycles. The van der Waals surface area contributed by atoms with Gasteiger partial charge in [0.15, 0.2) is 0 Å². The van der Waals surface area contributed by atoms with Crippen molar-refractivity contribution in [2.45, 2.75) is 18.7 Å². The number of hydrogen-bond donors (Lipinski definition) is 3. The Hall–Kier alpha value is -3.50. The van der Waals surface area contributed by atoms with Crippen LogP contribution in [0, 0.1) is 23.4 Å². The molecule has 0 unspecified atom stereocenters. The first kappa shape index (κ1) is 20.8. The molecule has 0 saturated heterocycles. The van der Waals surface area contributed by atoms with Gasteiger partial charge in [0.2, 0.25) is 5.95 Å². The van der Waals surface area contributed by atoms with E-state index in [2.05, 4.69) is 26.4 Å². The van der Waals surface area contributed by atoms with E-state index >= 15 is 0 Å². The molecule has 10 heteroatoms. The number of benzene rings is 2. The van der Waals surface area contributed by atoms with Gasteiger partial charge in [0.25, 0.3) is 0 Å². The summed E-state index contributed by atoms with van der Waals surface area (Å²) >= 11 is 0. The van der Waals surface area contributed by atoms with E-state index in [1.54, 1.807) is 18.3 Å². The smallest absolute Gasteiger partial charge is 0.229 e. The van der Waals surface area contributed by atoms with E-state index in [4.69, 9.17) is 14.7 Å². The monoisotopic (exact) mass is 434 g/mol. The van der Waals surface area contributed by atoms with Crippen molar-refractivity contribution in [3.8, 4) is 0 Å². The fourth-order valence-corrected chi connectivity index (χ4v) is 4.25. The molecule has 0 bridgehead atoms. The fourth-order valence-electron chi connectivity index (χ4n) is 3.39. The summed E-state index contributed by atoms with van der Waals surface area (Å²) < 4.78 is 17.5. The van der Waals surface area contributed by atoms with Gasteiger partial charge in [-0.1, -0.05) is 6.07 Å². The molecule has 4 rings (SSSR count). The van der Waals surface area contributed by atoms with Crippen LogP contribution >= 0.6 is 0 Å². The zero-order valence-corrected chi connectivity index (χ0v) is 18.6. The molecule has 0 saturated carbocycles. The second-order valence-corrected chi connectivity index (χ2v) is 9.09. The van der Waals surface area contributed by atoms with Crippen LogP contribution in [0.4, 0.5) is 23.1 Å². The van der Waals surface area contributed by atoms with E-state index < -0.39 is 9.81 Å². The van der Waals surface area contributed by atoms with Crippen LogP contribution in [0.5, 0.6) is 0 Å². The Morgan fingerprint density at radius 3 is 2.61 bits per heavy atom. The number of anilines is 4. The second-order valence-electron chi connectivity index (χ2n) is 7.43. The number of nitrogens with one attached hydrogen (secondary N) is 4. The van der Waals surface area contributed by atoms with Crippen molar-refractivity contribution in [1.29, 1.82) is 9.56 Å². The molecule has 31 heavy (non-hydrogen) atoms. The number of fused-ring (bicyclic) bond motifs is 1. The van der Waals surface area contributed by atoms with E-state index in [1.807, 2.05) is 61.8 Å². The lowest BCUT2D eigenvalue weighted by Gasteiger charge is -2.20. The largest absolute Gasteiger partial charge is 0.596 e. The van der Waals surface area contributed by atoms with Gasteiger partial charge in [-0.05, 0) is 55.8 Å². The van der Waals surface area contributed by atoms with Crippen LogP contribution in [0.2, 0.25) is 0 Å². The lowest BCUT2D eigenvalue weighted by atomic mass is 10.2. The van der Waals surface area contributed by atoms with Gasteiger partial charge in [-0.3, -0.25) is 14.2 Å². The normalized spacial score (nSPS) is 11.6. The van der Waals surface area contributed by atoms with E-state index in [-0.39, 0.29) is 0 Å². The average molecular weight is 435 g/mol. The van der Waals surface area contributed by atoms with Crippen LogP contribution in [-0.2, 0) is 16.9 Å². The molecule has 0 fully saturated rings. The summed E-state index contributed by atoms with van der Waals surface area (Å²) in [5, 5.41) is 16.6. The summed E-state index contributed by atoms with van der Waals surface area (Å²) in [6, 6.07) is 13.3. The minimum absolute atomic E-state index is 0.393. The number of hydrogen-bond acceptors (Lipinski definition) is 7. The number of aryl methyl sites for hydroxylation is 3. The molecular formula is C21H24N9S-. The van der Waals surface area contributed by atoms with Crippen LogP contribution in [0.15, 0.2) is 53.6 Å². The van der Waals surface area contributed by atoms with Crippen LogP contribution in [-0.4, -0.2) is 26.8 Å². The van der Waals surface area contributed by atoms with Crippen molar-refractivity contribution in [3.05, 3.63) is 65.1 Å². The second kappa shape index (κ2) is 7.64. The fraction of sp³-hybridized carbons (Fsp3) is 0.190. The Morgan fingerprint density at radius 1 is 1.10 bits per heavy atom. The Kier molecular flexibility index (Phi) is 5.11. The van der Waals surface area contributed by atoms with E-state index in [9.17, 15) is 0 Å². The van der Waals surface area contributed by atoms with Gasteiger partial charge >= 0.3 is 0 Å². The summed E-state index contributed by atoms with van der Waals surface area (Å²) in [7, 11) is 0.799. The Balaban J connectivity index is 1.63. The Morgan fingerprint density at radius 2 is 1.87 bits per heavy atom. The van der Waals surface area contributed by atoms with Crippen molar-refractivity contribution in [1.82, 2.24) is 19.7 Å². The third-order valence-electron chi connectivity index (χ3n) is 5.26. The van der Waals surface area contributed by atoms with E-state index in [1.165, 1.54) is 0 Å². The number of rotatable bonds is 5. The van der Waals surface area contributed by atoms with Gasteiger partial charge < -0.3 is 15.4 Å². The van der Waals surface area contributed by atoms with Gasteiger partial charge in [0.05, 0.1) is 5.52 Å². The molecule has 2 aromatic carbocycles. The predicted octanol–water partition coefficient (Wildman–Crippen LogP) is 5.50. The third kappa shape index (κ3) is 4.07. The zero-order chi connectivity index (χ0) is 22.3. The van der Waals surface area contributed by atoms with Crippen molar-refractivity contribution in [2.75, 3.05) is 17.3 Å². The molecule has 0 aliphatic rings. The maximum absolute atomic E-state index is 7.79. The minimum atomic E-state index is -3.07. The van der Waals surface area contributed by atoms with Gasteiger partial charge in [0.1, 0.15) is 5.82 Å². The SMILES string of the molecule is Cc1ccc(Nc2nccc(N(C)c3ccc4c(C)n(C)nc4c3)n2)cc1S(=N)(=N)[NH-]. The van der Waals surface area contributed by atoms with Gasteiger partial charge in [-0.2, -0.15) is 10.1 Å². The molecule has 0 aliphatic heterocycles. The molecule has 0 aliphatic carbocycles. The lowest BCUT2D eigenvalue weighted by molar-refractivity contribution is 0.751. The molecule has 0 radical (unpaired) electrons. The van der Waals surface area contributed by atoms with Gasteiger partial charge in [0, 0.05) is 47.6 Å². The van der Waals surface area contributed by atoms with Crippen molar-refractivity contribution < 1.29 is 0 Å². The first-order valence-corrected chi connectivity index (χ1v) is 11.2. The van der Waals surface area contributed by atoms with Crippen LogP contribution in [0.3, 0.4) is 0 Å². The topological polar surface area (TPSA) is 130 Å². The summed E-state index contributed by atoms with van der Waals surface area (Å²) in [4.78, 5) is 11.3. The summed E-state index contributed by atoms with van der Waals surface area (Å²) in [6.07, 6.45) is 1.68. The quantitative estimate of drug-likeness (QED) is 0.382. The van der Waals surface area contributed by atoms with Crippen LogP contribution in [0.25, 0.3) is 16.0 Å². The van der Waals surface area contributed by atoms with Crippen molar-refractivity contribution in [2.24, 2.45) is 7.05 Å². The molecule has 160 valence electrons. The first-order chi connectivity index (χ1) is 14.6. The molecule has 4 aromatic rings. The van der Waals surface area contributed by atoms with E-state index in [0.29, 0.717) is 22.3 Å². The Labute approximate surface area is 181 Å². The molecule has 2 aromatic heterocycles. The number of aromatic nitrogens is 4. The highest BCUT2D eigenvalue weighted by molar-refractivity contribution is 7.95. The van der Waals surface area contributed by atoms with Crippen LogP contribution in [0.1, 0.15) is 11.3 Å². The van der Waals surface area contributed by atoms with Crippen molar-refractivity contribution in [3.63, 3.8) is 0 Å². The highest BCUT2D eigenvalue weighted by Gasteiger charge is 2.11. The highest BCUT2D eigenvalue weighted by atomic mass is 32.2.